The number of hydrogen-bond donors (Lipinski definition) is 4. The highest BCUT2D eigenvalue weighted by Crippen LogP contribution is 2.27. The fraction of sp³-hybridized carbons (Fsp3) is 0.640. The van der Waals surface area contributed by atoms with Gasteiger partial charge in [-0.15, -0.1) is 13.2 Å². The fourth-order valence-corrected chi connectivity index (χ4v) is 5.47. The number of nitrogens with two attached hydrogens (primary N) is 4. The Kier molecular flexibility index (Phi) is 10.7. The van der Waals surface area contributed by atoms with Crippen LogP contribution in [0.1, 0.15) is 39.5 Å². The maximum Gasteiger partial charge on any atom is 0.232 e. The van der Waals surface area contributed by atoms with Crippen LogP contribution in [0.3, 0.4) is 0 Å². The topological polar surface area (TPSA) is 207 Å². The van der Waals surface area contributed by atoms with Crippen molar-refractivity contribution < 1.29 is 19.2 Å². The summed E-state index contributed by atoms with van der Waals surface area (Å²) < 4.78 is 0. The molecule has 4 aliphatic rings. The summed E-state index contributed by atoms with van der Waals surface area (Å²) in [7, 11) is 1.82. The van der Waals surface area contributed by atoms with Gasteiger partial charge in [-0.3, -0.25) is 34.7 Å². The minimum Gasteiger partial charge on any atom is -0.370 e. The maximum atomic E-state index is 12.1. The van der Waals surface area contributed by atoms with E-state index >= 15 is 0 Å². The zero-order chi connectivity index (χ0) is 30.6. The van der Waals surface area contributed by atoms with Gasteiger partial charge in [0.2, 0.25) is 23.6 Å². The van der Waals surface area contributed by atoms with Gasteiger partial charge in [0.15, 0.2) is 24.8 Å². The largest absolute Gasteiger partial charge is 0.370 e. The SMILES string of the molecule is C=CCN1C(N)N(C)C(N)N(CC)C1N1C(=O)CCC1=O.C=CCN1C(N)N=C(N)N(CC)C1N1C(=O)CCC1=O. The summed E-state index contributed by atoms with van der Waals surface area (Å²) in [6.45, 7) is 13.2. The number of carbonyl (C=O) groups excluding carboxylic acids is 4. The summed E-state index contributed by atoms with van der Waals surface area (Å²) >= 11 is 0. The van der Waals surface area contributed by atoms with Crippen LogP contribution in [0.15, 0.2) is 30.3 Å². The van der Waals surface area contributed by atoms with Gasteiger partial charge in [-0.25, -0.2) is 24.6 Å². The Labute approximate surface area is 240 Å². The van der Waals surface area contributed by atoms with E-state index in [4.69, 9.17) is 22.9 Å². The molecule has 228 valence electrons. The van der Waals surface area contributed by atoms with Gasteiger partial charge in [-0.1, -0.05) is 19.1 Å². The third kappa shape index (κ3) is 6.18. The smallest absolute Gasteiger partial charge is 0.232 e. The Morgan fingerprint density at radius 1 is 0.756 bits per heavy atom. The van der Waals surface area contributed by atoms with Crippen molar-refractivity contribution in [2.45, 2.75) is 71.0 Å². The second-order valence-corrected chi connectivity index (χ2v) is 9.99. The molecule has 4 heterocycles. The summed E-state index contributed by atoms with van der Waals surface area (Å²) in [6.07, 6.45) is 1.45. The van der Waals surface area contributed by atoms with E-state index in [0.717, 1.165) is 0 Å². The molecule has 4 rings (SSSR count). The zero-order valence-electron chi connectivity index (χ0n) is 24.1. The average molecular weight is 577 g/mol. The summed E-state index contributed by atoms with van der Waals surface area (Å²) in [6, 6.07) is 0. The Hall–Kier alpha value is -3.25. The predicted molar refractivity (Wildman–Crippen MR) is 152 cm³/mol. The molecule has 5 atom stereocenters. The first-order chi connectivity index (χ1) is 19.4. The normalized spacial score (nSPS) is 30.5. The Balaban J connectivity index is 0.000000226. The van der Waals surface area contributed by atoms with Crippen molar-refractivity contribution in [1.29, 1.82) is 0 Å². The van der Waals surface area contributed by atoms with Crippen molar-refractivity contribution in [3.05, 3.63) is 25.3 Å². The van der Waals surface area contributed by atoms with Gasteiger partial charge in [-0.2, -0.15) is 0 Å². The van der Waals surface area contributed by atoms with Crippen molar-refractivity contribution >= 4 is 29.6 Å². The van der Waals surface area contributed by atoms with E-state index in [9.17, 15) is 19.2 Å². The minimum atomic E-state index is -0.706. The van der Waals surface area contributed by atoms with Crippen molar-refractivity contribution in [2.24, 2.45) is 27.9 Å². The van der Waals surface area contributed by atoms with E-state index in [1.54, 1.807) is 26.9 Å². The quantitative estimate of drug-likeness (QED) is 0.174. The number of hydrogen-bond acceptors (Lipinski definition) is 14. The molecule has 3 saturated heterocycles. The Morgan fingerprint density at radius 3 is 1.63 bits per heavy atom. The van der Waals surface area contributed by atoms with Crippen molar-refractivity contribution in [2.75, 3.05) is 33.2 Å². The molecule has 4 amide bonds. The van der Waals surface area contributed by atoms with Crippen LogP contribution in [0, 0.1) is 0 Å². The van der Waals surface area contributed by atoms with Crippen LogP contribution in [-0.4, -0.2) is 129 Å². The second kappa shape index (κ2) is 13.6. The van der Waals surface area contributed by atoms with Crippen molar-refractivity contribution in [3.63, 3.8) is 0 Å². The van der Waals surface area contributed by atoms with Crippen LogP contribution in [0.4, 0.5) is 0 Å². The van der Waals surface area contributed by atoms with Gasteiger partial charge < -0.3 is 22.1 Å². The number of amides is 4. The molecule has 0 bridgehead atoms. The fourth-order valence-electron chi connectivity index (χ4n) is 5.47. The molecule has 16 nitrogen and oxygen atoms in total. The molecule has 0 aromatic heterocycles. The molecule has 5 unspecified atom stereocenters. The van der Waals surface area contributed by atoms with Crippen molar-refractivity contribution in [1.82, 2.24) is 34.3 Å². The molecule has 0 saturated carbocycles. The van der Waals surface area contributed by atoms with E-state index in [2.05, 4.69) is 18.2 Å². The van der Waals surface area contributed by atoms with E-state index in [-0.39, 0.29) is 55.3 Å². The third-order valence-electron chi connectivity index (χ3n) is 7.61. The zero-order valence-corrected chi connectivity index (χ0v) is 24.1. The molecule has 16 heteroatoms. The van der Waals surface area contributed by atoms with Gasteiger partial charge in [0.25, 0.3) is 0 Å². The van der Waals surface area contributed by atoms with Gasteiger partial charge in [-0.05, 0) is 14.0 Å². The van der Waals surface area contributed by atoms with Gasteiger partial charge in [0.1, 0.15) is 12.6 Å². The predicted octanol–water partition coefficient (Wildman–Crippen LogP) is -2.54. The lowest BCUT2D eigenvalue weighted by molar-refractivity contribution is -0.206. The standard InChI is InChI=1S/C13H24N6O2.C12H20N6O2/c1-4-8-18-12(15)16(3)11(14)17(5-2)13(18)19-9(20)6-7-10(19)21;1-3-7-17-11(14)15-10(13)16(4-2)12(17)18-8(19)5-6-9(18)20/h4,11-13H,1,5-8,14-15H2,2-3H3;3,11-12H,1,4-7,14H2,2H3,(H2,13,15). The highest BCUT2D eigenvalue weighted by molar-refractivity contribution is 6.03. The molecule has 0 radical (unpaired) electrons. The summed E-state index contributed by atoms with van der Waals surface area (Å²) in [4.78, 5) is 63.9. The molecule has 0 aliphatic carbocycles. The first-order valence-electron chi connectivity index (χ1n) is 13.7. The molecule has 4 aliphatic heterocycles. The van der Waals surface area contributed by atoms with E-state index < -0.39 is 31.4 Å². The summed E-state index contributed by atoms with van der Waals surface area (Å²) in [5, 5.41) is 0. The van der Waals surface area contributed by atoms with Crippen LogP contribution in [0.2, 0.25) is 0 Å². The van der Waals surface area contributed by atoms with E-state index in [0.29, 0.717) is 26.2 Å². The number of aliphatic imine (C=N–C) groups is 1. The maximum absolute atomic E-state index is 12.1. The minimum absolute atomic E-state index is 0.179. The molecule has 8 N–H and O–H groups in total. The first-order valence-corrected chi connectivity index (χ1v) is 13.7. The first kappa shape index (κ1) is 32.3. The monoisotopic (exact) mass is 576 g/mol. The van der Waals surface area contributed by atoms with Gasteiger partial charge in [0, 0.05) is 51.9 Å². The lowest BCUT2D eigenvalue weighted by Crippen LogP contribution is -2.78. The van der Waals surface area contributed by atoms with Gasteiger partial charge >= 0.3 is 0 Å². The number of guanidine groups is 1. The molecular weight excluding hydrogens is 532 g/mol. The molecule has 0 aromatic rings. The third-order valence-corrected chi connectivity index (χ3v) is 7.61. The second-order valence-electron chi connectivity index (χ2n) is 9.99. The van der Waals surface area contributed by atoms with E-state index in [1.807, 2.05) is 30.7 Å². The molecule has 3 fully saturated rings. The van der Waals surface area contributed by atoms with Crippen LogP contribution < -0.4 is 22.9 Å². The molecule has 41 heavy (non-hydrogen) atoms. The number of nitrogens with zero attached hydrogens (tertiary/aromatic N) is 8. The van der Waals surface area contributed by atoms with Crippen LogP contribution in [-0.2, 0) is 19.2 Å². The highest BCUT2D eigenvalue weighted by atomic mass is 16.2. The van der Waals surface area contributed by atoms with Crippen LogP contribution in [0.25, 0.3) is 0 Å². The van der Waals surface area contributed by atoms with Crippen LogP contribution >= 0.6 is 0 Å². The molecule has 0 aromatic carbocycles. The Morgan fingerprint density at radius 2 is 1.20 bits per heavy atom. The lowest BCUT2D eigenvalue weighted by atomic mass is 10.3. The number of likely N-dealkylation sites (tertiary alicyclic amines) is 2. The number of carbonyl (C=O) groups is 4. The lowest BCUT2D eigenvalue weighted by Gasteiger charge is -2.55. The van der Waals surface area contributed by atoms with Gasteiger partial charge in [0.05, 0.1) is 0 Å². The number of imide groups is 2. The number of rotatable bonds is 8. The van der Waals surface area contributed by atoms with Crippen molar-refractivity contribution in [3.8, 4) is 0 Å². The van der Waals surface area contributed by atoms with Crippen LogP contribution in [0.5, 0.6) is 0 Å². The summed E-state index contributed by atoms with van der Waals surface area (Å²) in [5.74, 6) is -0.551. The molecule has 0 spiro atoms. The highest BCUT2D eigenvalue weighted by Gasteiger charge is 2.48. The van der Waals surface area contributed by atoms with E-state index in [1.165, 1.54) is 9.80 Å². The average Bonchev–Trinajstić information content (AvgIpc) is 3.45. The molecular formula is C25H44N12O4. The summed E-state index contributed by atoms with van der Waals surface area (Å²) in [5.41, 5.74) is 24.3. The Bertz CT molecular complexity index is 1040.